The molecule has 30 heavy (non-hydrogen) atoms. The van der Waals surface area contributed by atoms with Gasteiger partial charge in [-0.1, -0.05) is 0 Å². The predicted molar refractivity (Wildman–Crippen MR) is 119 cm³/mol. The van der Waals surface area contributed by atoms with Crippen LogP contribution in [0.3, 0.4) is 0 Å². The molecule has 2 N–H and O–H groups in total. The van der Waals surface area contributed by atoms with Crippen molar-refractivity contribution in [1.29, 1.82) is 0 Å². The van der Waals surface area contributed by atoms with Crippen LogP contribution in [0.25, 0.3) is 0 Å². The zero-order chi connectivity index (χ0) is 23.3. The smallest absolute Gasteiger partial charge is 0.236 e. The van der Waals surface area contributed by atoms with Crippen LogP contribution in [0, 0.1) is 0 Å². The lowest BCUT2D eigenvalue weighted by Crippen LogP contribution is -2.56. The van der Waals surface area contributed by atoms with Gasteiger partial charge in [-0.3, -0.25) is 19.4 Å². The van der Waals surface area contributed by atoms with Gasteiger partial charge in [0.1, 0.15) is 0 Å². The van der Waals surface area contributed by atoms with Crippen molar-refractivity contribution in [1.82, 2.24) is 19.6 Å². The molecule has 8 nitrogen and oxygen atoms in total. The largest absolute Gasteiger partial charge is 0.389 e. The van der Waals surface area contributed by atoms with Crippen LogP contribution in [0.4, 0.5) is 0 Å². The first-order valence-corrected chi connectivity index (χ1v) is 11.1. The summed E-state index contributed by atoms with van der Waals surface area (Å²) in [6.45, 7) is 18.5. The van der Waals surface area contributed by atoms with Crippen molar-refractivity contribution in [2.45, 2.75) is 78.7 Å². The van der Waals surface area contributed by atoms with Gasteiger partial charge in [-0.2, -0.15) is 0 Å². The lowest BCUT2D eigenvalue weighted by molar-refractivity contribution is -0.142. The van der Waals surface area contributed by atoms with Gasteiger partial charge in [-0.05, 0) is 55.4 Å². The fourth-order valence-electron chi connectivity index (χ4n) is 3.59. The Balaban J connectivity index is 2.58. The van der Waals surface area contributed by atoms with Crippen molar-refractivity contribution >= 4 is 11.8 Å². The molecule has 0 aromatic carbocycles. The van der Waals surface area contributed by atoms with Gasteiger partial charge in [0, 0.05) is 51.4 Å². The fourth-order valence-corrected chi connectivity index (χ4v) is 3.59. The number of rotatable bonds is 10. The second kappa shape index (κ2) is 10.9. The molecule has 8 heteroatoms. The zero-order valence-electron chi connectivity index (χ0n) is 20.3. The monoisotopic (exact) mass is 428 g/mol. The lowest BCUT2D eigenvalue weighted by Gasteiger charge is -2.39. The average molecular weight is 429 g/mol. The highest BCUT2D eigenvalue weighted by Crippen LogP contribution is 2.12. The molecule has 0 aromatic rings. The molecule has 1 heterocycles. The van der Waals surface area contributed by atoms with E-state index in [-0.39, 0.29) is 37.0 Å². The molecule has 0 unspecified atom stereocenters. The molecule has 0 atom stereocenters. The molecule has 0 saturated carbocycles. The van der Waals surface area contributed by atoms with E-state index in [1.165, 1.54) is 0 Å². The Morgan fingerprint density at radius 2 is 1.00 bits per heavy atom. The van der Waals surface area contributed by atoms with Crippen LogP contribution in [-0.4, -0.2) is 117 Å². The third kappa shape index (κ3) is 9.73. The summed E-state index contributed by atoms with van der Waals surface area (Å²) in [5.74, 6) is 0.0665. The van der Waals surface area contributed by atoms with Gasteiger partial charge in [-0.25, -0.2) is 0 Å². The number of piperazine rings is 1. The standard InChI is InChI=1S/C22H44N4O4/c1-17(2)25(15-21(5,6)29)13-19(27)23-9-11-24(12-10-23)20(28)14-26(18(3)4)16-22(7,8)30/h17-18,29-30H,9-16H2,1-8H3. The summed E-state index contributed by atoms with van der Waals surface area (Å²) in [6.07, 6.45) is 0. The minimum absolute atomic E-state index is 0.0332. The SMILES string of the molecule is CC(C)N(CC(=O)N1CCN(C(=O)CN(CC(C)(C)O)C(C)C)CC1)CC(C)(C)O. The van der Waals surface area contributed by atoms with E-state index in [9.17, 15) is 19.8 Å². The molecule has 1 aliphatic rings. The van der Waals surface area contributed by atoms with Crippen molar-refractivity contribution in [3.63, 3.8) is 0 Å². The zero-order valence-corrected chi connectivity index (χ0v) is 20.3. The van der Waals surface area contributed by atoms with Gasteiger partial charge >= 0.3 is 0 Å². The van der Waals surface area contributed by atoms with Crippen molar-refractivity contribution in [2.24, 2.45) is 0 Å². The third-order valence-electron chi connectivity index (χ3n) is 5.30. The van der Waals surface area contributed by atoms with Gasteiger partial charge in [-0.15, -0.1) is 0 Å². The summed E-state index contributed by atoms with van der Waals surface area (Å²) in [7, 11) is 0. The Morgan fingerprint density at radius 1 is 0.733 bits per heavy atom. The van der Waals surface area contributed by atoms with Crippen LogP contribution in [0.15, 0.2) is 0 Å². The molecule has 1 rings (SSSR count). The number of carbonyl (C=O) groups is 2. The molecule has 0 spiro atoms. The minimum atomic E-state index is -0.860. The second-order valence-electron chi connectivity index (χ2n) is 10.4. The number of aliphatic hydroxyl groups is 2. The summed E-state index contributed by atoms with van der Waals surface area (Å²) in [5.41, 5.74) is -1.72. The number of amides is 2. The second-order valence-corrected chi connectivity index (χ2v) is 10.4. The Hall–Kier alpha value is -1.22. The highest BCUT2D eigenvalue weighted by atomic mass is 16.3. The molecule has 0 radical (unpaired) electrons. The summed E-state index contributed by atoms with van der Waals surface area (Å²) >= 11 is 0. The predicted octanol–water partition coefficient (Wildman–Crippen LogP) is 0.620. The van der Waals surface area contributed by atoms with Gasteiger partial charge in [0.05, 0.1) is 24.3 Å². The topological polar surface area (TPSA) is 87.6 Å². The van der Waals surface area contributed by atoms with E-state index in [1.54, 1.807) is 37.5 Å². The normalized spacial score (nSPS) is 16.3. The quantitative estimate of drug-likeness (QED) is 0.530. The highest BCUT2D eigenvalue weighted by Gasteiger charge is 2.29. The maximum atomic E-state index is 12.8. The first-order valence-electron chi connectivity index (χ1n) is 11.1. The number of hydrogen-bond donors (Lipinski definition) is 2. The maximum absolute atomic E-state index is 12.8. The van der Waals surface area contributed by atoms with E-state index < -0.39 is 11.2 Å². The van der Waals surface area contributed by atoms with Crippen LogP contribution < -0.4 is 0 Å². The lowest BCUT2D eigenvalue weighted by atomic mass is 10.1. The van der Waals surface area contributed by atoms with E-state index in [2.05, 4.69) is 0 Å². The van der Waals surface area contributed by atoms with Gasteiger partial charge in [0.15, 0.2) is 0 Å². The van der Waals surface area contributed by atoms with E-state index in [4.69, 9.17) is 0 Å². The van der Waals surface area contributed by atoms with Crippen molar-refractivity contribution in [3.05, 3.63) is 0 Å². The molecule has 0 bridgehead atoms. The Kier molecular flexibility index (Phi) is 9.73. The van der Waals surface area contributed by atoms with Crippen molar-refractivity contribution in [3.8, 4) is 0 Å². The van der Waals surface area contributed by atoms with Crippen LogP contribution in [0.5, 0.6) is 0 Å². The van der Waals surface area contributed by atoms with E-state index >= 15 is 0 Å². The molecule has 1 aliphatic heterocycles. The van der Waals surface area contributed by atoms with Gasteiger partial charge < -0.3 is 20.0 Å². The van der Waals surface area contributed by atoms with Crippen LogP contribution >= 0.6 is 0 Å². The van der Waals surface area contributed by atoms with Gasteiger partial charge in [0.2, 0.25) is 11.8 Å². The first kappa shape index (κ1) is 26.8. The Bertz CT molecular complexity index is 508. The molecule has 2 amide bonds. The Morgan fingerprint density at radius 3 is 1.20 bits per heavy atom. The molecule has 176 valence electrons. The summed E-state index contributed by atoms with van der Waals surface area (Å²) in [4.78, 5) is 33.1. The van der Waals surface area contributed by atoms with Crippen molar-refractivity contribution < 1.29 is 19.8 Å². The molecular weight excluding hydrogens is 384 g/mol. The highest BCUT2D eigenvalue weighted by molar-refractivity contribution is 5.80. The number of nitrogens with zero attached hydrogens (tertiary/aromatic N) is 4. The fraction of sp³-hybridized carbons (Fsp3) is 0.909. The first-order chi connectivity index (χ1) is 13.6. The van der Waals surface area contributed by atoms with E-state index in [0.29, 0.717) is 39.3 Å². The van der Waals surface area contributed by atoms with Crippen LogP contribution in [0.2, 0.25) is 0 Å². The molecule has 0 aliphatic carbocycles. The molecule has 1 fully saturated rings. The number of hydrogen-bond acceptors (Lipinski definition) is 6. The third-order valence-corrected chi connectivity index (χ3v) is 5.30. The van der Waals surface area contributed by atoms with Gasteiger partial charge in [0.25, 0.3) is 0 Å². The van der Waals surface area contributed by atoms with E-state index in [0.717, 1.165) is 0 Å². The summed E-state index contributed by atoms with van der Waals surface area (Å²) < 4.78 is 0. The average Bonchev–Trinajstić information content (AvgIpc) is 2.58. The summed E-state index contributed by atoms with van der Waals surface area (Å²) in [5, 5.41) is 20.2. The maximum Gasteiger partial charge on any atom is 0.236 e. The van der Waals surface area contributed by atoms with Crippen LogP contribution in [-0.2, 0) is 9.59 Å². The van der Waals surface area contributed by atoms with Crippen molar-refractivity contribution in [2.75, 3.05) is 52.4 Å². The minimum Gasteiger partial charge on any atom is -0.389 e. The molecule has 0 aromatic heterocycles. The molecular formula is C22H44N4O4. The van der Waals surface area contributed by atoms with Crippen LogP contribution in [0.1, 0.15) is 55.4 Å². The summed E-state index contributed by atoms with van der Waals surface area (Å²) in [6, 6.07) is 0.307. The Labute approximate surface area is 182 Å². The van der Waals surface area contributed by atoms with E-state index in [1.807, 2.05) is 37.5 Å². The number of carbonyl (C=O) groups excluding carboxylic acids is 2. The molecule has 1 saturated heterocycles.